The van der Waals surface area contributed by atoms with Crippen molar-refractivity contribution in [2.24, 2.45) is 5.73 Å². The fourth-order valence-electron chi connectivity index (χ4n) is 2.07. The zero-order valence-electron chi connectivity index (χ0n) is 11.1. The van der Waals surface area contributed by atoms with E-state index in [1.165, 1.54) is 18.3 Å². The van der Waals surface area contributed by atoms with Crippen molar-refractivity contribution in [3.8, 4) is 0 Å². The number of thiocarbonyl (C=S) groups is 1. The van der Waals surface area contributed by atoms with E-state index in [1.807, 2.05) is 0 Å². The molecule has 0 spiro atoms. The van der Waals surface area contributed by atoms with E-state index in [1.54, 1.807) is 6.92 Å². The van der Waals surface area contributed by atoms with Crippen LogP contribution in [0.15, 0.2) is 23.2 Å². The minimum absolute atomic E-state index is 0.0753. The van der Waals surface area contributed by atoms with Gasteiger partial charge in [-0.05, 0) is 31.9 Å². The highest BCUT2D eigenvalue weighted by Crippen LogP contribution is 2.17. The summed E-state index contributed by atoms with van der Waals surface area (Å²) in [5, 5.41) is 0. The van der Waals surface area contributed by atoms with Gasteiger partial charge in [0.2, 0.25) is 10.0 Å². The molecule has 0 amide bonds. The molecular weight excluding hydrogens is 298 g/mol. The number of aromatic nitrogens is 1. The molecule has 1 aromatic heterocycles. The first kappa shape index (κ1) is 15.3. The smallest absolute Gasteiger partial charge is 0.242 e. The monoisotopic (exact) mass is 315 g/mol. The molecule has 110 valence electrons. The number of rotatable bonds is 5. The van der Waals surface area contributed by atoms with Gasteiger partial charge in [0.05, 0.1) is 11.8 Å². The molecule has 8 heteroatoms. The summed E-state index contributed by atoms with van der Waals surface area (Å²) in [4.78, 5) is 4.15. The lowest BCUT2D eigenvalue weighted by Crippen LogP contribution is -2.40. The Bertz CT molecular complexity index is 580. The van der Waals surface area contributed by atoms with E-state index >= 15 is 0 Å². The van der Waals surface area contributed by atoms with Crippen molar-refractivity contribution < 1.29 is 13.2 Å². The summed E-state index contributed by atoms with van der Waals surface area (Å²) in [5.74, 6) is 0. The van der Waals surface area contributed by atoms with Gasteiger partial charge >= 0.3 is 0 Å². The molecule has 1 saturated heterocycles. The summed E-state index contributed by atoms with van der Waals surface area (Å²) in [6.07, 6.45) is 3.00. The molecule has 0 bridgehead atoms. The number of ether oxygens (including phenoxy) is 1. The van der Waals surface area contributed by atoms with Gasteiger partial charge in [0, 0.05) is 18.8 Å². The van der Waals surface area contributed by atoms with E-state index in [4.69, 9.17) is 22.7 Å². The molecule has 6 nitrogen and oxygen atoms in total. The third-order valence-electron chi connectivity index (χ3n) is 3.16. The van der Waals surface area contributed by atoms with Crippen molar-refractivity contribution >= 4 is 27.2 Å². The Hall–Kier alpha value is -1.09. The van der Waals surface area contributed by atoms with Crippen LogP contribution in [0.5, 0.6) is 0 Å². The highest BCUT2D eigenvalue weighted by molar-refractivity contribution is 7.89. The van der Waals surface area contributed by atoms with Crippen LogP contribution in [-0.4, -0.2) is 37.1 Å². The first-order chi connectivity index (χ1) is 9.40. The minimum atomic E-state index is -3.62. The zero-order chi connectivity index (χ0) is 14.8. The number of nitrogens with two attached hydrogens (primary N) is 1. The van der Waals surface area contributed by atoms with Gasteiger partial charge < -0.3 is 10.5 Å². The van der Waals surface area contributed by atoms with Crippen LogP contribution in [0.1, 0.15) is 25.5 Å². The van der Waals surface area contributed by atoms with Crippen molar-refractivity contribution in [1.29, 1.82) is 0 Å². The molecular formula is C12H17N3O3S2. The second-order valence-corrected chi connectivity index (χ2v) is 6.86. The fourth-order valence-corrected chi connectivity index (χ4v) is 3.41. The fraction of sp³-hybridized carbons (Fsp3) is 0.500. The third-order valence-corrected chi connectivity index (χ3v) is 4.92. The molecule has 2 heterocycles. The first-order valence-electron chi connectivity index (χ1n) is 6.30. The molecule has 0 aromatic carbocycles. The van der Waals surface area contributed by atoms with Crippen LogP contribution in [-0.2, 0) is 14.8 Å². The van der Waals surface area contributed by atoms with E-state index in [0.29, 0.717) is 12.3 Å². The Morgan fingerprint density at radius 3 is 2.85 bits per heavy atom. The second kappa shape index (κ2) is 6.13. The van der Waals surface area contributed by atoms with Crippen LogP contribution in [0.4, 0.5) is 0 Å². The number of hydrogen-bond acceptors (Lipinski definition) is 5. The van der Waals surface area contributed by atoms with Gasteiger partial charge in [-0.15, -0.1) is 0 Å². The van der Waals surface area contributed by atoms with Gasteiger partial charge in [0.15, 0.2) is 0 Å². The average molecular weight is 315 g/mol. The maximum atomic E-state index is 12.2. The summed E-state index contributed by atoms with van der Waals surface area (Å²) in [6.45, 7) is 2.48. The molecule has 3 N–H and O–H groups in total. The summed E-state index contributed by atoms with van der Waals surface area (Å²) in [7, 11) is -3.62. The lowest BCUT2D eigenvalue weighted by Gasteiger charge is -2.19. The van der Waals surface area contributed by atoms with E-state index in [9.17, 15) is 8.42 Å². The lowest BCUT2D eigenvalue weighted by atomic mass is 10.1. The van der Waals surface area contributed by atoms with Crippen molar-refractivity contribution in [3.63, 3.8) is 0 Å². The van der Waals surface area contributed by atoms with E-state index in [-0.39, 0.29) is 22.0 Å². The molecule has 1 aromatic rings. The topological polar surface area (TPSA) is 94.3 Å². The SMILES string of the molecule is CC(NS(=O)(=O)c1ccc(C(N)=S)nc1)C1CCCO1. The minimum Gasteiger partial charge on any atom is -0.388 e. The van der Waals surface area contributed by atoms with Crippen LogP contribution < -0.4 is 10.5 Å². The Morgan fingerprint density at radius 2 is 2.35 bits per heavy atom. The van der Waals surface area contributed by atoms with Crippen LogP contribution in [0.25, 0.3) is 0 Å². The van der Waals surface area contributed by atoms with Gasteiger partial charge in [0.1, 0.15) is 9.88 Å². The van der Waals surface area contributed by atoms with Gasteiger partial charge in [-0.2, -0.15) is 0 Å². The van der Waals surface area contributed by atoms with E-state index in [2.05, 4.69) is 9.71 Å². The van der Waals surface area contributed by atoms with Crippen LogP contribution in [0.3, 0.4) is 0 Å². The largest absolute Gasteiger partial charge is 0.388 e. The Kier molecular flexibility index (Phi) is 4.69. The van der Waals surface area contributed by atoms with Gasteiger partial charge in [-0.25, -0.2) is 13.1 Å². The molecule has 0 saturated carbocycles. The van der Waals surface area contributed by atoms with Crippen LogP contribution in [0, 0.1) is 0 Å². The van der Waals surface area contributed by atoms with Crippen molar-refractivity contribution in [3.05, 3.63) is 24.0 Å². The zero-order valence-corrected chi connectivity index (χ0v) is 12.7. The Labute approximate surface area is 123 Å². The van der Waals surface area contributed by atoms with Crippen molar-refractivity contribution in [1.82, 2.24) is 9.71 Å². The number of hydrogen-bond donors (Lipinski definition) is 2. The highest BCUT2D eigenvalue weighted by atomic mass is 32.2. The van der Waals surface area contributed by atoms with Crippen LogP contribution >= 0.6 is 12.2 Å². The number of pyridine rings is 1. The van der Waals surface area contributed by atoms with Gasteiger partial charge in [0.25, 0.3) is 0 Å². The summed E-state index contributed by atoms with van der Waals surface area (Å²) in [5.41, 5.74) is 5.82. The molecule has 1 aliphatic rings. The standard InChI is InChI=1S/C12H17N3O3S2/c1-8(11-3-2-6-18-11)15-20(16,17)9-4-5-10(12(13)19)14-7-9/h4-5,7-8,11,15H,2-3,6H2,1H3,(H2,13,19). The predicted molar refractivity (Wildman–Crippen MR) is 78.9 cm³/mol. The molecule has 2 atom stereocenters. The number of nitrogens with one attached hydrogen (secondary N) is 1. The summed E-state index contributed by atoms with van der Waals surface area (Å²) < 4.78 is 32.5. The third kappa shape index (κ3) is 3.51. The second-order valence-electron chi connectivity index (χ2n) is 4.70. The summed E-state index contributed by atoms with van der Waals surface area (Å²) in [6, 6.07) is 2.65. The molecule has 0 radical (unpaired) electrons. The molecule has 2 unspecified atom stereocenters. The van der Waals surface area contributed by atoms with Gasteiger partial charge in [-0.1, -0.05) is 12.2 Å². The Morgan fingerprint density at radius 1 is 1.60 bits per heavy atom. The average Bonchev–Trinajstić information content (AvgIpc) is 2.92. The maximum Gasteiger partial charge on any atom is 0.242 e. The molecule has 20 heavy (non-hydrogen) atoms. The normalized spacial score (nSPS) is 20.8. The highest BCUT2D eigenvalue weighted by Gasteiger charge is 2.27. The maximum absolute atomic E-state index is 12.2. The molecule has 2 rings (SSSR count). The predicted octanol–water partition coefficient (Wildman–Crippen LogP) is 0.562. The summed E-state index contributed by atoms with van der Waals surface area (Å²) >= 11 is 4.77. The van der Waals surface area contributed by atoms with Gasteiger partial charge in [-0.3, -0.25) is 4.98 Å². The first-order valence-corrected chi connectivity index (χ1v) is 8.19. The number of nitrogens with zero attached hydrogens (tertiary/aromatic N) is 1. The van der Waals surface area contributed by atoms with E-state index in [0.717, 1.165) is 12.8 Å². The van der Waals surface area contributed by atoms with Crippen molar-refractivity contribution in [2.75, 3.05) is 6.61 Å². The van der Waals surface area contributed by atoms with Crippen LogP contribution in [0.2, 0.25) is 0 Å². The quantitative estimate of drug-likeness (QED) is 0.771. The van der Waals surface area contributed by atoms with Crippen molar-refractivity contribution in [2.45, 2.75) is 36.8 Å². The number of sulfonamides is 1. The lowest BCUT2D eigenvalue weighted by molar-refractivity contribution is 0.0902. The molecule has 0 aliphatic carbocycles. The van der Waals surface area contributed by atoms with E-state index < -0.39 is 10.0 Å². The molecule has 1 fully saturated rings. The Balaban J connectivity index is 2.11. The molecule has 1 aliphatic heterocycles.